The van der Waals surface area contributed by atoms with Gasteiger partial charge in [0.2, 0.25) is 0 Å². The molecule has 0 aliphatic carbocycles. The van der Waals surface area contributed by atoms with Crippen molar-refractivity contribution in [1.82, 2.24) is 14.6 Å². The van der Waals surface area contributed by atoms with E-state index in [1.807, 2.05) is 25.1 Å². The smallest absolute Gasteiger partial charge is 0.182 e. The van der Waals surface area contributed by atoms with Crippen LogP contribution < -0.4 is 4.74 Å². The average Bonchev–Trinajstić information content (AvgIpc) is 3.29. The molecule has 0 saturated carbocycles. The maximum absolute atomic E-state index is 12.6. The normalized spacial score (nSPS) is 10.1. The van der Waals surface area contributed by atoms with Crippen molar-refractivity contribution in [3.8, 4) is 17.0 Å². The molecule has 2 aromatic carbocycles. The number of ether oxygens (including phenoxy) is 1. The molecule has 0 atom stereocenters. The Bertz CT molecular complexity index is 1300. The molecule has 4 rings (SSSR count). The van der Waals surface area contributed by atoms with Crippen LogP contribution in [0.5, 0.6) is 5.75 Å². The monoisotopic (exact) mass is 684 g/mol. The number of benzene rings is 2. The summed E-state index contributed by atoms with van der Waals surface area (Å²) in [7, 11) is 1.67. The van der Waals surface area contributed by atoms with Crippen LogP contribution in [-0.2, 0) is 11.2 Å². The SMILES string of the molecule is CCC(=O)c1cc2nccc(-c3ccc(CC)c(OC)c3)n2n1.Cc1ccc([C-]=O)cc1F.[U]. The van der Waals surface area contributed by atoms with E-state index in [0.717, 1.165) is 29.0 Å². The Balaban J connectivity index is 0.000000314. The second-order valence-electron chi connectivity index (χ2n) is 7.35. The van der Waals surface area contributed by atoms with Crippen molar-refractivity contribution < 1.29 is 49.8 Å². The minimum atomic E-state index is -0.360. The molecule has 0 saturated heterocycles. The molecule has 2 heterocycles. The minimum Gasteiger partial charge on any atom is -0.496 e. The van der Waals surface area contributed by atoms with Crippen LogP contribution in [0.15, 0.2) is 54.7 Å². The van der Waals surface area contributed by atoms with Gasteiger partial charge in [0.05, 0.1) is 24.9 Å². The van der Waals surface area contributed by atoms with Crippen molar-refractivity contribution in [2.45, 2.75) is 33.6 Å². The van der Waals surface area contributed by atoms with Crippen LogP contribution in [0.2, 0.25) is 0 Å². The van der Waals surface area contributed by atoms with E-state index in [9.17, 15) is 14.0 Å². The fraction of sp³-hybridized carbons (Fsp3) is 0.231. The largest absolute Gasteiger partial charge is 0.496 e. The summed E-state index contributed by atoms with van der Waals surface area (Å²) in [6.45, 7) is 5.57. The second kappa shape index (κ2) is 12.6. The van der Waals surface area contributed by atoms with Gasteiger partial charge >= 0.3 is 0 Å². The predicted molar refractivity (Wildman–Crippen MR) is 125 cm³/mol. The third-order valence-electron chi connectivity index (χ3n) is 5.22. The number of ketones is 1. The summed E-state index contributed by atoms with van der Waals surface area (Å²) in [5, 5.41) is 4.42. The van der Waals surface area contributed by atoms with Crippen LogP contribution >= 0.6 is 0 Å². The number of hydrogen-bond donors (Lipinski definition) is 0. The zero-order valence-corrected chi connectivity index (χ0v) is 23.7. The summed E-state index contributed by atoms with van der Waals surface area (Å²) in [6.07, 6.45) is 4.67. The van der Waals surface area contributed by atoms with Gasteiger partial charge in [-0.1, -0.05) is 26.0 Å². The zero-order valence-electron chi connectivity index (χ0n) is 19.6. The molecule has 174 valence electrons. The molecule has 0 aliphatic rings. The van der Waals surface area contributed by atoms with E-state index in [1.54, 1.807) is 43.2 Å². The molecular weight excluding hydrogens is 659 g/mol. The van der Waals surface area contributed by atoms with Crippen LogP contribution in [0.3, 0.4) is 0 Å². The predicted octanol–water partition coefficient (Wildman–Crippen LogP) is 5.15. The maximum Gasteiger partial charge on any atom is 0.182 e. The first-order chi connectivity index (χ1) is 15.9. The van der Waals surface area contributed by atoms with Gasteiger partial charge in [-0.3, -0.25) is 4.79 Å². The van der Waals surface area contributed by atoms with E-state index < -0.39 is 0 Å². The van der Waals surface area contributed by atoms with Crippen molar-refractivity contribution in [3.05, 3.63) is 82.9 Å². The molecule has 0 unspecified atom stereocenters. The van der Waals surface area contributed by atoms with E-state index in [2.05, 4.69) is 23.1 Å². The first-order valence-corrected chi connectivity index (χ1v) is 10.6. The number of aromatic nitrogens is 3. The Kier molecular flexibility index (Phi) is 10.2. The molecular formula is C26H25FN3O3U-. The van der Waals surface area contributed by atoms with Crippen molar-refractivity contribution in [1.29, 1.82) is 0 Å². The Labute approximate surface area is 221 Å². The van der Waals surface area contributed by atoms with Gasteiger partial charge in [-0.15, -0.1) is 17.7 Å². The standard InChI is InChI=1S/C18H19N3O2.C8H6FO.U/c1-4-12-6-7-13(10-17(12)23-3)15-8-9-19-18-11-14(16(22)5-2)20-21(15)18;1-6-2-3-7(5-10)4-8(6)9;/h6-11H,4-5H2,1-3H3;2-4H,1H3;/q;-1;. The van der Waals surface area contributed by atoms with Crippen molar-refractivity contribution in [3.63, 3.8) is 0 Å². The van der Waals surface area contributed by atoms with Gasteiger partial charge in [0.15, 0.2) is 11.4 Å². The summed E-state index contributed by atoms with van der Waals surface area (Å²) in [5.41, 5.74) is 4.92. The van der Waals surface area contributed by atoms with Crippen molar-refractivity contribution in [2.75, 3.05) is 7.11 Å². The molecule has 2 aromatic heterocycles. The fourth-order valence-electron chi connectivity index (χ4n) is 3.28. The van der Waals surface area contributed by atoms with Gasteiger partial charge < -0.3 is 9.53 Å². The summed E-state index contributed by atoms with van der Waals surface area (Å²) in [4.78, 5) is 26.2. The number of fused-ring (bicyclic) bond motifs is 1. The third kappa shape index (κ3) is 6.19. The molecule has 0 bridgehead atoms. The number of carbonyl (C=O) groups is 1. The molecule has 0 spiro atoms. The summed E-state index contributed by atoms with van der Waals surface area (Å²) in [5.74, 6) is 0.508. The minimum absolute atomic E-state index is 0. The summed E-state index contributed by atoms with van der Waals surface area (Å²) in [6, 6.07) is 14.0. The summed E-state index contributed by atoms with van der Waals surface area (Å²) >= 11 is 0. The van der Waals surface area contributed by atoms with Crippen LogP contribution in [0.4, 0.5) is 4.39 Å². The zero-order chi connectivity index (χ0) is 24.0. The average molecular weight is 685 g/mol. The Morgan fingerprint density at radius 2 is 1.88 bits per heavy atom. The van der Waals surface area contributed by atoms with Crippen LogP contribution in [0, 0.1) is 43.9 Å². The molecule has 8 heteroatoms. The Morgan fingerprint density at radius 3 is 2.50 bits per heavy atom. The van der Waals surface area contributed by atoms with Crippen molar-refractivity contribution in [2.24, 2.45) is 0 Å². The van der Waals surface area contributed by atoms with Crippen LogP contribution in [0.25, 0.3) is 16.9 Å². The van der Waals surface area contributed by atoms with Gasteiger partial charge in [0.1, 0.15) is 11.4 Å². The Morgan fingerprint density at radius 1 is 1.12 bits per heavy atom. The maximum atomic E-state index is 12.6. The van der Waals surface area contributed by atoms with Gasteiger partial charge in [0, 0.05) is 55.4 Å². The van der Waals surface area contributed by atoms with Crippen LogP contribution in [0.1, 0.15) is 47.4 Å². The van der Waals surface area contributed by atoms with Gasteiger partial charge in [-0.05, 0) is 36.6 Å². The fourth-order valence-corrected chi connectivity index (χ4v) is 3.28. The van der Waals surface area contributed by atoms with E-state index >= 15 is 0 Å². The number of rotatable bonds is 6. The molecule has 0 N–H and O–H groups in total. The van der Waals surface area contributed by atoms with E-state index in [1.165, 1.54) is 12.1 Å². The van der Waals surface area contributed by atoms with Gasteiger partial charge in [0.25, 0.3) is 0 Å². The van der Waals surface area contributed by atoms with Crippen LogP contribution in [-0.4, -0.2) is 33.8 Å². The number of nitrogens with zero attached hydrogens (tertiary/aromatic N) is 3. The number of aryl methyl sites for hydroxylation is 2. The first-order valence-electron chi connectivity index (χ1n) is 10.6. The topological polar surface area (TPSA) is 73.6 Å². The number of carbonyl (C=O) groups excluding carboxylic acids is 2. The molecule has 0 fully saturated rings. The number of hydrogen-bond acceptors (Lipinski definition) is 5. The molecule has 0 amide bonds. The van der Waals surface area contributed by atoms with Gasteiger partial charge in [-0.2, -0.15) is 11.2 Å². The van der Waals surface area contributed by atoms with Crippen molar-refractivity contribution >= 4 is 17.7 Å². The third-order valence-corrected chi connectivity index (χ3v) is 5.22. The number of methoxy groups -OCH3 is 1. The second-order valence-corrected chi connectivity index (χ2v) is 7.35. The van der Waals surface area contributed by atoms with Gasteiger partial charge in [-0.25, -0.2) is 13.9 Å². The number of halogens is 1. The number of Topliss-reactive ketones (excluding diaryl/α,β-unsaturated/α-hetero) is 1. The molecule has 34 heavy (non-hydrogen) atoms. The molecule has 6 nitrogen and oxygen atoms in total. The van der Waals surface area contributed by atoms with E-state index in [-0.39, 0.29) is 48.3 Å². The molecule has 0 radical (unpaired) electrons. The quantitative estimate of drug-likeness (QED) is 0.208. The molecule has 0 aliphatic heterocycles. The molecule has 4 aromatic rings. The van der Waals surface area contributed by atoms with E-state index in [4.69, 9.17) is 4.74 Å². The first kappa shape index (κ1) is 27.4. The summed E-state index contributed by atoms with van der Waals surface area (Å²) < 4.78 is 19.8. The van der Waals surface area contributed by atoms with E-state index in [0.29, 0.717) is 23.3 Å². The Hall–Kier alpha value is -2.82.